The topological polar surface area (TPSA) is 50.2 Å². The van der Waals surface area contributed by atoms with Crippen molar-refractivity contribution in [2.24, 2.45) is 0 Å². The van der Waals surface area contributed by atoms with Crippen LogP contribution in [0.4, 0.5) is 0 Å². The van der Waals surface area contributed by atoms with Gasteiger partial charge in [-0.25, -0.2) is 0 Å². The summed E-state index contributed by atoms with van der Waals surface area (Å²) >= 11 is 7.54. The van der Waals surface area contributed by atoms with Crippen LogP contribution in [0.15, 0.2) is 24.4 Å². The van der Waals surface area contributed by atoms with Crippen molar-refractivity contribution in [3.8, 4) is 0 Å². The maximum atomic E-state index is 11.7. The number of alkyl halides is 1. The fourth-order valence-electron chi connectivity index (χ4n) is 1.26. The molecule has 1 aromatic heterocycles. The zero-order valence-electron chi connectivity index (χ0n) is 6.87. The van der Waals surface area contributed by atoms with E-state index in [0.717, 1.165) is 0 Å². The number of halogens is 2. The van der Waals surface area contributed by atoms with Crippen molar-refractivity contribution >= 4 is 45.0 Å². The number of carbonyl (C=O) groups excluding carboxylic acids is 1. The molecule has 0 aromatic carbocycles. The van der Waals surface area contributed by atoms with Crippen LogP contribution >= 0.6 is 34.2 Å². The molecule has 0 fully saturated rings. The zero-order valence-corrected chi connectivity index (χ0v) is 9.78. The van der Waals surface area contributed by atoms with Gasteiger partial charge in [-0.3, -0.25) is 9.78 Å². The fraction of sp³-hybridized carbons (Fsp3) is 0.111. The Kier molecular flexibility index (Phi) is 2.36. The second-order valence-corrected chi connectivity index (χ2v) is 4.95. The number of aliphatic hydroxyl groups is 1. The summed E-state index contributed by atoms with van der Waals surface area (Å²) in [6.45, 7) is 0. The SMILES string of the molecule is O=C1c2ncccc2C(Cl)=CC1(O)I. The molecular weight excluding hydrogens is 316 g/mol. The van der Waals surface area contributed by atoms with E-state index in [0.29, 0.717) is 10.6 Å². The van der Waals surface area contributed by atoms with Crippen molar-refractivity contribution in [1.82, 2.24) is 4.98 Å². The highest BCUT2D eigenvalue weighted by molar-refractivity contribution is 14.1. The van der Waals surface area contributed by atoms with Gasteiger partial charge in [0.2, 0.25) is 9.39 Å². The van der Waals surface area contributed by atoms with Crippen LogP contribution in [0.3, 0.4) is 0 Å². The summed E-state index contributed by atoms with van der Waals surface area (Å²) in [6.07, 6.45) is 2.82. The number of hydrogen-bond donors (Lipinski definition) is 1. The Morgan fingerprint density at radius 1 is 1.57 bits per heavy atom. The lowest BCUT2D eigenvalue weighted by molar-refractivity contribution is 0.0785. The predicted octanol–water partition coefficient (Wildman–Crippen LogP) is 1.98. The molecule has 1 aromatic rings. The lowest BCUT2D eigenvalue weighted by atomic mass is 9.99. The van der Waals surface area contributed by atoms with Gasteiger partial charge < -0.3 is 5.11 Å². The molecule has 72 valence electrons. The molecule has 1 atom stereocenters. The number of aromatic nitrogens is 1. The maximum Gasteiger partial charge on any atom is 0.227 e. The highest BCUT2D eigenvalue weighted by Gasteiger charge is 2.38. The first-order valence-corrected chi connectivity index (χ1v) is 5.28. The first kappa shape index (κ1) is 10.1. The van der Waals surface area contributed by atoms with Gasteiger partial charge in [0.1, 0.15) is 5.69 Å². The van der Waals surface area contributed by atoms with Crippen LogP contribution in [0.1, 0.15) is 16.1 Å². The van der Waals surface area contributed by atoms with E-state index in [1.807, 2.05) is 0 Å². The Hall–Kier alpha value is -0.460. The molecule has 3 nitrogen and oxygen atoms in total. The number of hydrogen-bond acceptors (Lipinski definition) is 3. The lowest BCUT2D eigenvalue weighted by Crippen LogP contribution is -2.33. The molecule has 0 radical (unpaired) electrons. The molecule has 0 bridgehead atoms. The predicted molar refractivity (Wildman–Crippen MR) is 61.4 cm³/mol. The smallest absolute Gasteiger partial charge is 0.227 e. The van der Waals surface area contributed by atoms with Crippen LogP contribution in [-0.2, 0) is 0 Å². The Morgan fingerprint density at radius 2 is 2.29 bits per heavy atom. The molecule has 1 heterocycles. The minimum Gasteiger partial charge on any atom is -0.369 e. The summed E-state index contributed by atoms with van der Waals surface area (Å²) in [6, 6.07) is 3.39. The molecule has 1 aliphatic rings. The minimum atomic E-state index is -1.57. The molecule has 14 heavy (non-hydrogen) atoms. The Labute approximate surface area is 98.9 Å². The first-order chi connectivity index (χ1) is 6.52. The van der Waals surface area contributed by atoms with E-state index >= 15 is 0 Å². The van der Waals surface area contributed by atoms with Crippen LogP contribution in [0.5, 0.6) is 0 Å². The van der Waals surface area contributed by atoms with Gasteiger partial charge in [0, 0.05) is 11.8 Å². The van der Waals surface area contributed by atoms with Crippen molar-refractivity contribution in [2.75, 3.05) is 0 Å². The van der Waals surface area contributed by atoms with Crippen LogP contribution in [-0.4, -0.2) is 19.5 Å². The second kappa shape index (κ2) is 3.29. The fourth-order valence-corrected chi connectivity index (χ4v) is 2.32. The summed E-state index contributed by atoms with van der Waals surface area (Å²) in [5.41, 5.74) is 0.789. The molecular formula is C9H5ClINO2. The maximum absolute atomic E-state index is 11.7. The van der Waals surface area contributed by atoms with Gasteiger partial charge in [0.25, 0.3) is 0 Å². The molecule has 5 heteroatoms. The minimum absolute atomic E-state index is 0.219. The largest absolute Gasteiger partial charge is 0.369 e. The summed E-state index contributed by atoms with van der Waals surface area (Å²) in [5, 5.41) is 10.0. The summed E-state index contributed by atoms with van der Waals surface area (Å²) in [5.74, 6) is -0.432. The van der Waals surface area contributed by atoms with E-state index in [-0.39, 0.29) is 5.69 Å². The summed E-state index contributed by atoms with van der Waals surface area (Å²) in [7, 11) is 0. The molecule has 0 saturated heterocycles. The van der Waals surface area contributed by atoms with Gasteiger partial charge in [-0.05, 0) is 40.8 Å². The van der Waals surface area contributed by atoms with Crippen molar-refractivity contribution in [3.05, 3.63) is 35.7 Å². The van der Waals surface area contributed by atoms with Crippen molar-refractivity contribution in [2.45, 2.75) is 3.61 Å². The molecule has 0 saturated carbocycles. The Morgan fingerprint density at radius 3 is 3.00 bits per heavy atom. The molecule has 1 N–H and O–H groups in total. The third kappa shape index (κ3) is 1.47. The van der Waals surface area contributed by atoms with E-state index < -0.39 is 9.39 Å². The number of nitrogens with zero attached hydrogens (tertiary/aromatic N) is 1. The number of Topliss-reactive ketones (excluding diaryl/α,β-unsaturated/α-hetero) is 1. The van der Waals surface area contributed by atoms with Crippen LogP contribution in [0.2, 0.25) is 0 Å². The number of pyridine rings is 1. The number of carbonyl (C=O) groups is 1. The zero-order chi connectivity index (χ0) is 10.3. The third-order valence-corrected chi connectivity index (χ3v) is 3.03. The van der Waals surface area contributed by atoms with E-state index in [9.17, 15) is 9.90 Å². The van der Waals surface area contributed by atoms with Crippen LogP contribution in [0.25, 0.3) is 5.03 Å². The van der Waals surface area contributed by atoms with Crippen molar-refractivity contribution in [1.29, 1.82) is 0 Å². The van der Waals surface area contributed by atoms with Gasteiger partial charge in [0.15, 0.2) is 0 Å². The van der Waals surface area contributed by atoms with E-state index in [1.54, 1.807) is 34.7 Å². The van der Waals surface area contributed by atoms with Gasteiger partial charge >= 0.3 is 0 Å². The normalized spacial score (nSPS) is 25.6. The molecule has 0 aliphatic heterocycles. The Bertz CT molecular complexity index is 442. The number of rotatable bonds is 0. The molecule has 0 spiro atoms. The van der Waals surface area contributed by atoms with Gasteiger partial charge in [-0.2, -0.15) is 0 Å². The number of fused-ring (bicyclic) bond motifs is 1. The standard InChI is InChI=1S/C9H5ClINO2/c10-6-4-9(11,14)8(13)7-5(6)2-1-3-12-7/h1-4,14H. The van der Waals surface area contributed by atoms with Crippen molar-refractivity contribution in [3.63, 3.8) is 0 Å². The quantitative estimate of drug-likeness (QED) is 0.587. The highest BCUT2D eigenvalue weighted by atomic mass is 127. The highest BCUT2D eigenvalue weighted by Crippen LogP contribution is 2.35. The van der Waals surface area contributed by atoms with Gasteiger partial charge in [-0.1, -0.05) is 11.6 Å². The van der Waals surface area contributed by atoms with Crippen LogP contribution in [0, 0.1) is 0 Å². The van der Waals surface area contributed by atoms with E-state index in [1.165, 1.54) is 12.3 Å². The number of ketones is 1. The molecule has 1 aliphatic carbocycles. The van der Waals surface area contributed by atoms with Crippen LogP contribution < -0.4 is 0 Å². The first-order valence-electron chi connectivity index (χ1n) is 3.82. The second-order valence-electron chi connectivity index (χ2n) is 2.89. The lowest BCUT2D eigenvalue weighted by Gasteiger charge is -2.21. The summed E-state index contributed by atoms with van der Waals surface area (Å²) < 4.78 is -1.57. The molecule has 1 unspecified atom stereocenters. The Balaban J connectivity index is 2.69. The third-order valence-electron chi connectivity index (χ3n) is 1.92. The van der Waals surface area contributed by atoms with E-state index in [2.05, 4.69) is 4.98 Å². The molecule has 0 amide bonds. The van der Waals surface area contributed by atoms with Crippen molar-refractivity contribution < 1.29 is 9.90 Å². The van der Waals surface area contributed by atoms with Gasteiger partial charge in [-0.15, -0.1) is 0 Å². The summed E-state index contributed by atoms with van der Waals surface area (Å²) in [4.78, 5) is 15.6. The van der Waals surface area contributed by atoms with Gasteiger partial charge in [0.05, 0.1) is 5.03 Å². The van der Waals surface area contributed by atoms with E-state index in [4.69, 9.17) is 11.6 Å². The molecule has 2 rings (SSSR count). The average molecular weight is 322 g/mol. The average Bonchev–Trinajstić information content (AvgIpc) is 2.14. The monoisotopic (exact) mass is 321 g/mol.